The van der Waals surface area contributed by atoms with E-state index in [0.717, 1.165) is 8.47 Å². The first-order chi connectivity index (χ1) is 12.0. The van der Waals surface area contributed by atoms with Crippen LogP contribution in [-0.4, -0.2) is 16.7 Å². The molecule has 1 aliphatic heterocycles. The summed E-state index contributed by atoms with van der Waals surface area (Å²) in [5.74, 6) is -0.962. The number of carbonyl (C=O) groups is 2. The number of rotatable bonds is 2. The molecule has 0 saturated heterocycles. The monoisotopic (exact) mass is 444 g/mol. The third-order valence-corrected chi connectivity index (χ3v) is 4.82. The summed E-state index contributed by atoms with van der Waals surface area (Å²) in [5, 5.41) is 11.9. The van der Waals surface area contributed by atoms with Crippen molar-refractivity contribution in [3.8, 4) is 0 Å². The predicted octanol–water partition coefficient (Wildman–Crippen LogP) is 4.15. The molecule has 0 N–H and O–H groups in total. The number of imide groups is 1. The summed E-state index contributed by atoms with van der Waals surface area (Å²) >= 11 is 2.11. The van der Waals surface area contributed by atoms with Gasteiger partial charge in [-0.05, 0) is 59.0 Å². The number of anilines is 1. The molecule has 0 spiro atoms. The molecule has 0 aliphatic carbocycles. The Labute approximate surface area is 155 Å². The second kappa shape index (κ2) is 5.62. The molecule has 25 heavy (non-hydrogen) atoms. The number of nitrogens with zero attached hydrogens (tertiary/aromatic N) is 2. The van der Waals surface area contributed by atoms with Crippen LogP contribution >= 0.6 is 22.6 Å². The first-order valence-electron chi connectivity index (χ1n) is 7.33. The Bertz CT molecular complexity index is 1070. The lowest BCUT2D eigenvalue weighted by atomic mass is 9.93. The van der Waals surface area contributed by atoms with Crippen LogP contribution in [0.3, 0.4) is 0 Å². The van der Waals surface area contributed by atoms with E-state index in [0.29, 0.717) is 16.5 Å². The van der Waals surface area contributed by atoms with Crippen molar-refractivity contribution in [2.75, 3.05) is 4.90 Å². The van der Waals surface area contributed by atoms with Gasteiger partial charge >= 0.3 is 0 Å². The minimum absolute atomic E-state index is 0.121. The zero-order chi connectivity index (χ0) is 17.7. The van der Waals surface area contributed by atoms with Crippen LogP contribution in [0.5, 0.6) is 0 Å². The lowest BCUT2D eigenvalue weighted by Gasteiger charge is -2.27. The Morgan fingerprint density at radius 2 is 1.60 bits per heavy atom. The second-order valence-electron chi connectivity index (χ2n) is 5.54. The third-order valence-electron chi connectivity index (χ3n) is 4.15. The maximum atomic E-state index is 12.9. The quantitative estimate of drug-likeness (QED) is 0.258. The van der Waals surface area contributed by atoms with Gasteiger partial charge < -0.3 is 0 Å². The summed E-state index contributed by atoms with van der Waals surface area (Å²) in [6.45, 7) is 0. The van der Waals surface area contributed by atoms with E-state index in [-0.39, 0.29) is 16.8 Å². The van der Waals surface area contributed by atoms with Crippen molar-refractivity contribution < 1.29 is 14.5 Å². The van der Waals surface area contributed by atoms with Crippen molar-refractivity contribution in [1.82, 2.24) is 0 Å². The van der Waals surface area contributed by atoms with Gasteiger partial charge in [0.25, 0.3) is 17.5 Å². The van der Waals surface area contributed by atoms with E-state index < -0.39 is 16.7 Å². The molecule has 0 unspecified atom stereocenters. The maximum absolute atomic E-state index is 12.9. The van der Waals surface area contributed by atoms with Gasteiger partial charge in [0.05, 0.1) is 16.0 Å². The third kappa shape index (κ3) is 2.30. The Morgan fingerprint density at radius 1 is 0.920 bits per heavy atom. The standard InChI is InChI=1S/C18H9IN2O4/c19-10-3-1-4-11(9-10)20-17(22)13-6-2-5-12-15(21(24)25)8-7-14(16(12)13)18(20)23/h1-9H. The molecular weight excluding hydrogens is 435 g/mol. The molecule has 4 rings (SSSR count). The van der Waals surface area contributed by atoms with E-state index in [2.05, 4.69) is 22.6 Å². The van der Waals surface area contributed by atoms with Crippen LogP contribution in [-0.2, 0) is 0 Å². The number of nitro benzene ring substituents is 1. The van der Waals surface area contributed by atoms with E-state index in [4.69, 9.17) is 0 Å². The van der Waals surface area contributed by atoms with E-state index in [1.54, 1.807) is 36.4 Å². The predicted molar refractivity (Wildman–Crippen MR) is 101 cm³/mol. The van der Waals surface area contributed by atoms with Crippen LogP contribution in [0.15, 0.2) is 54.6 Å². The van der Waals surface area contributed by atoms with Gasteiger partial charge in [-0.25, -0.2) is 4.90 Å². The van der Waals surface area contributed by atoms with Crippen molar-refractivity contribution in [2.45, 2.75) is 0 Å². The summed E-state index contributed by atoms with van der Waals surface area (Å²) in [6.07, 6.45) is 0. The summed E-state index contributed by atoms with van der Waals surface area (Å²) in [6, 6.07) is 14.5. The highest BCUT2D eigenvalue weighted by atomic mass is 127. The fraction of sp³-hybridized carbons (Fsp3) is 0. The van der Waals surface area contributed by atoms with E-state index in [9.17, 15) is 19.7 Å². The fourth-order valence-electron chi connectivity index (χ4n) is 3.09. The number of halogens is 1. The molecule has 2 amide bonds. The average molecular weight is 444 g/mol. The summed E-state index contributed by atoms with van der Waals surface area (Å²) < 4.78 is 0.892. The van der Waals surface area contributed by atoms with Gasteiger partial charge in [0.15, 0.2) is 0 Å². The largest absolute Gasteiger partial charge is 0.277 e. The number of carbonyl (C=O) groups excluding carboxylic acids is 2. The van der Waals surface area contributed by atoms with Crippen molar-refractivity contribution in [1.29, 1.82) is 0 Å². The van der Waals surface area contributed by atoms with Crippen molar-refractivity contribution >= 4 is 56.6 Å². The fourth-order valence-corrected chi connectivity index (χ4v) is 3.62. The smallest absolute Gasteiger partial charge is 0.268 e. The highest BCUT2D eigenvalue weighted by Crippen LogP contribution is 2.36. The number of hydrogen-bond donors (Lipinski definition) is 0. The number of amides is 2. The first-order valence-corrected chi connectivity index (χ1v) is 8.41. The molecule has 0 atom stereocenters. The molecule has 3 aromatic carbocycles. The van der Waals surface area contributed by atoms with Crippen LogP contribution in [0, 0.1) is 13.7 Å². The Morgan fingerprint density at radius 3 is 2.28 bits per heavy atom. The second-order valence-corrected chi connectivity index (χ2v) is 6.79. The minimum Gasteiger partial charge on any atom is -0.268 e. The summed E-state index contributed by atoms with van der Waals surface area (Å²) in [7, 11) is 0. The molecule has 1 heterocycles. The molecule has 0 saturated carbocycles. The van der Waals surface area contributed by atoms with Crippen molar-refractivity contribution in [3.05, 3.63) is 79.4 Å². The van der Waals surface area contributed by atoms with E-state index in [1.165, 1.54) is 12.1 Å². The van der Waals surface area contributed by atoms with Crippen LogP contribution in [0.25, 0.3) is 10.8 Å². The zero-order valence-electron chi connectivity index (χ0n) is 12.6. The van der Waals surface area contributed by atoms with Crippen LogP contribution in [0.4, 0.5) is 11.4 Å². The van der Waals surface area contributed by atoms with E-state index >= 15 is 0 Å². The molecule has 0 fully saturated rings. The Hall–Kier alpha value is -2.81. The van der Waals surface area contributed by atoms with Crippen molar-refractivity contribution in [2.24, 2.45) is 0 Å². The molecule has 0 aromatic heterocycles. The zero-order valence-corrected chi connectivity index (χ0v) is 14.8. The lowest BCUT2D eigenvalue weighted by molar-refractivity contribution is -0.383. The van der Waals surface area contributed by atoms with Gasteiger partial charge in [0, 0.05) is 26.1 Å². The topological polar surface area (TPSA) is 80.5 Å². The average Bonchev–Trinajstić information content (AvgIpc) is 2.59. The number of non-ortho nitro benzene ring substituents is 1. The lowest BCUT2D eigenvalue weighted by Crippen LogP contribution is -2.40. The molecule has 6 nitrogen and oxygen atoms in total. The Kier molecular flexibility index (Phi) is 3.53. The van der Waals surface area contributed by atoms with E-state index in [1.807, 2.05) is 6.07 Å². The van der Waals surface area contributed by atoms with Gasteiger partial charge in [0.2, 0.25) is 0 Å². The molecule has 0 radical (unpaired) electrons. The molecule has 3 aromatic rings. The minimum atomic E-state index is -0.510. The molecule has 122 valence electrons. The number of benzene rings is 3. The molecule has 1 aliphatic rings. The summed E-state index contributed by atoms with van der Waals surface area (Å²) in [4.78, 5) is 37.7. The number of nitro groups is 1. The Balaban J connectivity index is 2.01. The van der Waals surface area contributed by atoms with Gasteiger partial charge in [-0.2, -0.15) is 0 Å². The van der Waals surface area contributed by atoms with Crippen LogP contribution < -0.4 is 4.90 Å². The summed E-state index contributed by atoms with van der Waals surface area (Å²) in [5.41, 5.74) is 0.927. The SMILES string of the molecule is O=C1c2cccc3c([N+](=O)[O-])ccc(c23)C(=O)N1c1cccc(I)c1. The molecule has 7 heteroatoms. The van der Waals surface area contributed by atoms with Crippen LogP contribution in [0.1, 0.15) is 20.7 Å². The van der Waals surface area contributed by atoms with Gasteiger partial charge in [-0.1, -0.05) is 12.1 Å². The highest BCUT2D eigenvalue weighted by Gasteiger charge is 2.35. The van der Waals surface area contributed by atoms with Gasteiger partial charge in [-0.15, -0.1) is 0 Å². The highest BCUT2D eigenvalue weighted by molar-refractivity contribution is 14.1. The maximum Gasteiger partial charge on any atom is 0.277 e. The molecule has 0 bridgehead atoms. The molecular formula is C18H9IN2O4. The normalized spacial score (nSPS) is 13.4. The van der Waals surface area contributed by atoms with Crippen molar-refractivity contribution in [3.63, 3.8) is 0 Å². The van der Waals surface area contributed by atoms with Gasteiger partial charge in [-0.3, -0.25) is 19.7 Å². The first kappa shape index (κ1) is 15.7. The number of hydrogen-bond acceptors (Lipinski definition) is 4. The van der Waals surface area contributed by atoms with Crippen LogP contribution in [0.2, 0.25) is 0 Å². The van der Waals surface area contributed by atoms with Gasteiger partial charge in [0.1, 0.15) is 0 Å².